The summed E-state index contributed by atoms with van der Waals surface area (Å²) in [4.78, 5) is 26.8. The summed E-state index contributed by atoms with van der Waals surface area (Å²) >= 11 is 0.987. The summed E-state index contributed by atoms with van der Waals surface area (Å²) in [5.74, 6) is 0.0712. The number of benzene rings is 1. The second-order valence-electron chi connectivity index (χ2n) is 9.27. The third kappa shape index (κ3) is 4.40. The molecule has 0 spiro atoms. The van der Waals surface area contributed by atoms with Gasteiger partial charge in [0.2, 0.25) is 0 Å². The van der Waals surface area contributed by atoms with Crippen molar-refractivity contribution in [2.75, 3.05) is 0 Å². The average molecular weight is 390 g/mol. The molecule has 0 bridgehead atoms. The number of hydrogen-bond acceptors (Lipinski definition) is 4. The second kappa shape index (κ2) is 7.34. The van der Waals surface area contributed by atoms with Crippen molar-refractivity contribution in [1.82, 2.24) is 4.90 Å². The van der Waals surface area contributed by atoms with Crippen molar-refractivity contribution in [2.45, 2.75) is 78.7 Å². The van der Waals surface area contributed by atoms with Crippen molar-refractivity contribution in [3.05, 3.63) is 33.7 Å². The van der Waals surface area contributed by atoms with Crippen LogP contribution in [-0.4, -0.2) is 27.2 Å². The number of aromatic hydroxyl groups is 1. The molecule has 1 unspecified atom stereocenters. The monoisotopic (exact) mass is 389 g/mol. The van der Waals surface area contributed by atoms with E-state index in [0.717, 1.165) is 34.9 Å². The number of rotatable bonds is 3. The largest absolute Gasteiger partial charge is 0.507 e. The molecule has 148 valence electrons. The topological polar surface area (TPSA) is 57.6 Å². The summed E-state index contributed by atoms with van der Waals surface area (Å²) in [5.41, 5.74) is 2.01. The number of amides is 2. The molecule has 0 saturated carbocycles. The van der Waals surface area contributed by atoms with Gasteiger partial charge < -0.3 is 5.11 Å². The van der Waals surface area contributed by atoms with Gasteiger partial charge in [-0.15, -0.1) is 0 Å². The van der Waals surface area contributed by atoms with Gasteiger partial charge in [0.1, 0.15) is 5.75 Å². The molecule has 1 heterocycles. The first kappa shape index (κ1) is 21.5. The molecule has 1 saturated heterocycles. The molecule has 2 rings (SSSR count). The van der Waals surface area contributed by atoms with E-state index < -0.39 is 0 Å². The highest BCUT2D eigenvalue weighted by Gasteiger charge is 2.37. The van der Waals surface area contributed by atoms with Crippen LogP contribution in [0.4, 0.5) is 4.79 Å². The van der Waals surface area contributed by atoms with Gasteiger partial charge in [-0.1, -0.05) is 48.5 Å². The van der Waals surface area contributed by atoms with E-state index in [4.69, 9.17) is 0 Å². The van der Waals surface area contributed by atoms with Crippen LogP contribution < -0.4 is 0 Å². The number of carbonyl (C=O) groups is 2. The number of phenolic OH excluding ortho intramolecular Hbond substituents is 1. The van der Waals surface area contributed by atoms with Crippen molar-refractivity contribution in [1.29, 1.82) is 0 Å². The van der Waals surface area contributed by atoms with Crippen LogP contribution in [0.2, 0.25) is 0 Å². The highest BCUT2D eigenvalue weighted by molar-refractivity contribution is 8.18. The van der Waals surface area contributed by atoms with Crippen molar-refractivity contribution in [3.8, 4) is 5.75 Å². The van der Waals surface area contributed by atoms with E-state index in [9.17, 15) is 14.7 Å². The van der Waals surface area contributed by atoms with Crippen molar-refractivity contribution in [2.24, 2.45) is 0 Å². The summed E-state index contributed by atoms with van der Waals surface area (Å²) in [6.07, 6.45) is 2.50. The molecule has 1 aliphatic rings. The number of nitrogens with zero attached hydrogens (tertiary/aromatic N) is 1. The number of hydrogen-bond donors (Lipinski definition) is 1. The Labute approximate surface area is 167 Å². The Bertz CT molecular complexity index is 762. The molecule has 1 aliphatic heterocycles. The molecular weight excluding hydrogens is 358 g/mol. The Morgan fingerprint density at radius 1 is 1.07 bits per heavy atom. The Hall–Kier alpha value is -1.75. The van der Waals surface area contributed by atoms with Crippen LogP contribution in [0, 0.1) is 0 Å². The zero-order valence-corrected chi connectivity index (χ0v) is 18.5. The van der Waals surface area contributed by atoms with Crippen LogP contribution in [0.15, 0.2) is 17.0 Å². The summed E-state index contributed by atoms with van der Waals surface area (Å²) in [5, 5.41) is 10.6. The molecule has 4 nitrogen and oxygen atoms in total. The molecular formula is C22H31NO3S. The molecule has 0 aromatic heterocycles. The molecule has 1 atom stereocenters. The normalized spacial score (nSPS) is 18.5. The minimum Gasteiger partial charge on any atom is -0.507 e. The van der Waals surface area contributed by atoms with E-state index in [1.54, 1.807) is 6.08 Å². The first-order valence-electron chi connectivity index (χ1n) is 9.42. The molecule has 1 N–H and O–H groups in total. The van der Waals surface area contributed by atoms with Gasteiger partial charge in [0.15, 0.2) is 0 Å². The maximum Gasteiger partial charge on any atom is 0.293 e. The van der Waals surface area contributed by atoms with E-state index in [1.165, 1.54) is 4.90 Å². The number of carbonyl (C=O) groups excluding carboxylic acids is 2. The predicted molar refractivity (Wildman–Crippen MR) is 113 cm³/mol. The van der Waals surface area contributed by atoms with Crippen LogP contribution in [0.5, 0.6) is 5.75 Å². The summed E-state index contributed by atoms with van der Waals surface area (Å²) in [6, 6.07) is 3.72. The third-order valence-corrected chi connectivity index (χ3v) is 5.78. The fourth-order valence-electron chi connectivity index (χ4n) is 3.08. The molecule has 27 heavy (non-hydrogen) atoms. The number of imide groups is 1. The van der Waals surface area contributed by atoms with Gasteiger partial charge in [-0.05, 0) is 59.7 Å². The minimum absolute atomic E-state index is 0.113. The van der Waals surface area contributed by atoms with Crippen molar-refractivity contribution < 1.29 is 14.7 Å². The van der Waals surface area contributed by atoms with Gasteiger partial charge in [0.05, 0.1) is 4.91 Å². The smallest absolute Gasteiger partial charge is 0.293 e. The zero-order chi connectivity index (χ0) is 20.7. The van der Waals surface area contributed by atoms with E-state index in [0.29, 0.717) is 10.7 Å². The lowest BCUT2D eigenvalue weighted by Crippen LogP contribution is -2.36. The van der Waals surface area contributed by atoms with Gasteiger partial charge in [-0.25, -0.2) is 0 Å². The van der Waals surface area contributed by atoms with Gasteiger partial charge in [-0.2, -0.15) is 0 Å². The Balaban J connectivity index is 2.58. The lowest BCUT2D eigenvalue weighted by Gasteiger charge is -2.28. The minimum atomic E-state index is -0.246. The van der Waals surface area contributed by atoms with Crippen LogP contribution in [0.3, 0.4) is 0 Å². The quantitative estimate of drug-likeness (QED) is 0.662. The van der Waals surface area contributed by atoms with Crippen LogP contribution in [0.25, 0.3) is 6.08 Å². The molecule has 2 amide bonds. The third-order valence-electron chi connectivity index (χ3n) is 4.90. The van der Waals surface area contributed by atoms with Crippen LogP contribution in [0.1, 0.15) is 78.5 Å². The maximum atomic E-state index is 12.7. The molecule has 5 heteroatoms. The van der Waals surface area contributed by atoms with Gasteiger partial charge >= 0.3 is 0 Å². The highest BCUT2D eigenvalue weighted by atomic mass is 32.2. The van der Waals surface area contributed by atoms with E-state index in [-0.39, 0.29) is 28.0 Å². The Morgan fingerprint density at radius 2 is 1.56 bits per heavy atom. The van der Waals surface area contributed by atoms with Crippen molar-refractivity contribution in [3.63, 3.8) is 0 Å². The maximum absolute atomic E-state index is 12.7. The molecule has 1 aromatic carbocycles. The fourth-order valence-corrected chi connectivity index (χ4v) is 4.01. The Kier molecular flexibility index (Phi) is 5.86. The highest BCUT2D eigenvalue weighted by Crippen LogP contribution is 2.41. The number of thioether (sulfide) groups is 1. The van der Waals surface area contributed by atoms with Gasteiger partial charge in [0.25, 0.3) is 11.1 Å². The van der Waals surface area contributed by atoms with E-state index in [1.807, 2.05) is 26.0 Å². The standard InChI is InChI=1S/C22H31NO3S/c1-9-13(2)23-19(25)17(27-20(23)26)12-14-10-15(21(3,4)5)18(24)16(11-14)22(6,7)8/h10-13,24H,9H2,1-8H3/b17-12+. The lowest BCUT2D eigenvalue weighted by atomic mass is 9.78. The second-order valence-corrected chi connectivity index (χ2v) is 10.3. The van der Waals surface area contributed by atoms with E-state index in [2.05, 4.69) is 41.5 Å². The predicted octanol–water partition coefficient (Wildman–Crippen LogP) is 5.82. The summed E-state index contributed by atoms with van der Waals surface area (Å²) in [6.45, 7) is 16.1. The SMILES string of the molecule is CCC(C)N1C(=O)S/C(=C/c2cc(C(C)(C)C)c(O)c(C(C)(C)C)c2)C1=O. The number of phenols is 1. The summed E-state index contributed by atoms with van der Waals surface area (Å²) in [7, 11) is 0. The first-order valence-corrected chi connectivity index (χ1v) is 10.2. The lowest BCUT2D eigenvalue weighted by molar-refractivity contribution is -0.124. The Morgan fingerprint density at radius 3 is 1.96 bits per heavy atom. The van der Waals surface area contributed by atoms with Gasteiger partial charge in [0, 0.05) is 17.2 Å². The molecule has 1 aromatic rings. The first-order chi connectivity index (χ1) is 12.3. The van der Waals surface area contributed by atoms with Crippen molar-refractivity contribution >= 4 is 29.0 Å². The molecule has 0 radical (unpaired) electrons. The molecule has 1 fully saturated rings. The van der Waals surface area contributed by atoms with Crippen LogP contribution in [-0.2, 0) is 15.6 Å². The fraction of sp³-hybridized carbons (Fsp3) is 0.545. The summed E-state index contributed by atoms with van der Waals surface area (Å²) < 4.78 is 0. The van der Waals surface area contributed by atoms with Gasteiger partial charge in [-0.3, -0.25) is 14.5 Å². The molecule has 0 aliphatic carbocycles. The zero-order valence-electron chi connectivity index (χ0n) is 17.6. The average Bonchev–Trinajstić information content (AvgIpc) is 2.80. The van der Waals surface area contributed by atoms with Crippen LogP contribution >= 0.6 is 11.8 Å². The van der Waals surface area contributed by atoms with E-state index >= 15 is 0 Å².